The first kappa shape index (κ1) is 25.8. The maximum atomic E-state index is 13.5. The molecule has 0 aliphatic carbocycles. The maximum absolute atomic E-state index is 13.5. The molecule has 6 N–H and O–H groups in total. The third kappa shape index (κ3) is 8.83. The average molecular weight is 505 g/mol. The molecule has 9 nitrogen and oxygen atoms in total. The molecule has 0 spiro atoms. The van der Waals surface area contributed by atoms with Crippen molar-refractivity contribution in [3.63, 3.8) is 0 Å². The third-order valence-corrected chi connectivity index (χ3v) is 5.46. The van der Waals surface area contributed by atoms with E-state index < -0.39 is 27.6 Å². The van der Waals surface area contributed by atoms with E-state index in [1.54, 1.807) is 6.07 Å². The molecule has 35 heavy (non-hydrogen) atoms. The third-order valence-electron chi connectivity index (χ3n) is 4.73. The maximum Gasteiger partial charge on any atom is 0.221 e. The van der Waals surface area contributed by atoms with Crippen LogP contribution in [0.15, 0.2) is 54.7 Å². The van der Waals surface area contributed by atoms with Crippen molar-refractivity contribution >= 4 is 38.8 Å². The van der Waals surface area contributed by atoms with Crippen molar-refractivity contribution in [2.45, 2.75) is 13.0 Å². The zero-order valence-corrected chi connectivity index (χ0v) is 19.8. The number of nitrogens with one attached hydrogen (secondary N) is 4. The van der Waals surface area contributed by atoms with E-state index in [0.717, 1.165) is 23.7 Å². The summed E-state index contributed by atoms with van der Waals surface area (Å²) < 4.78 is 51.6. The highest BCUT2D eigenvalue weighted by Crippen LogP contribution is 2.24. The molecule has 0 aliphatic heterocycles. The molecule has 3 aromatic rings. The SMILES string of the molecule is CS(=O)(=O)NCCNc1ccc(Nc2cc(NCc3cc(F)cc(F)c3)c(CC(N)=O)cn2)cc1. The van der Waals surface area contributed by atoms with Crippen LogP contribution >= 0.6 is 0 Å². The van der Waals surface area contributed by atoms with Crippen LogP contribution in [0.2, 0.25) is 0 Å². The lowest BCUT2D eigenvalue weighted by Gasteiger charge is -2.14. The molecule has 1 amide bonds. The zero-order valence-electron chi connectivity index (χ0n) is 18.9. The Morgan fingerprint density at radius 1 is 0.971 bits per heavy atom. The quantitative estimate of drug-likeness (QED) is 0.239. The Hall–Kier alpha value is -3.77. The van der Waals surface area contributed by atoms with Gasteiger partial charge in [-0.15, -0.1) is 0 Å². The van der Waals surface area contributed by atoms with E-state index in [1.807, 2.05) is 24.3 Å². The van der Waals surface area contributed by atoms with Gasteiger partial charge in [0, 0.05) is 60.6 Å². The zero-order chi connectivity index (χ0) is 25.4. The summed E-state index contributed by atoms with van der Waals surface area (Å²) in [4.78, 5) is 15.8. The van der Waals surface area contributed by atoms with Gasteiger partial charge in [0.1, 0.15) is 17.5 Å². The molecule has 0 fully saturated rings. The smallest absolute Gasteiger partial charge is 0.221 e. The number of carbonyl (C=O) groups is 1. The summed E-state index contributed by atoms with van der Waals surface area (Å²) in [5.41, 5.74) is 8.36. The number of rotatable bonds is 12. The molecule has 1 heterocycles. The predicted molar refractivity (Wildman–Crippen MR) is 132 cm³/mol. The first-order chi connectivity index (χ1) is 16.6. The highest BCUT2D eigenvalue weighted by molar-refractivity contribution is 7.88. The number of carbonyl (C=O) groups excluding carboxylic acids is 1. The second-order valence-electron chi connectivity index (χ2n) is 7.80. The Labute approximate surface area is 202 Å². The van der Waals surface area contributed by atoms with E-state index in [0.29, 0.717) is 29.2 Å². The molecule has 186 valence electrons. The van der Waals surface area contributed by atoms with E-state index in [2.05, 4.69) is 25.7 Å². The molecule has 0 atom stereocenters. The lowest BCUT2D eigenvalue weighted by Crippen LogP contribution is -2.27. The number of hydrogen-bond acceptors (Lipinski definition) is 7. The molecule has 0 saturated heterocycles. The van der Waals surface area contributed by atoms with Crippen LogP contribution in [0.25, 0.3) is 0 Å². The molecule has 0 radical (unpaired) electrons. The molecule has 3 rings (SSSR count). The number of pyridine rings is 1. The van der Waals surface area contributed by atoms with Gasteiger partial charge in [0.05, 0.1) is 12.7 Å². The number of aromatic nitrogens is 1. The van der Waals surface area contributed by atoms with Crippen LogP contribution in [0.5, 0.6) is 0 Å². The summed E-state index contributed by atoms with van der Waals surface area (Å²) in [5.74, 6) is -1.42. The van der Waals surface area contributed by atoms with Crippen molar-refractivity contribution < 1.29 is 22.0 Å². The van der Waals surface area contributed by atoms with Crippen molar-refractivity contribution in [1.29, 1.82) is 0 Å². The summed E-state index contributed by atoms with van der Waals surface area (Å²) >= 11 is 0. The predicted octanol–water partition coefficient (Wildman–Crippen LogP) is 2.70. The topological polar surface area (TPSA) is 138 Å². The highest BCUT2D eigenvalue weighted by Gasteiger charge is 2.10. The summed E-state index contributed by atoms with van der Waals surface area (Å²) in [6, 6.07) is 12.2. The second kappa shape index (κ2) is 11.6. The Kier molecular flexibility index (Phi) is 8.55. The lowest BCUT2D eigenvalue weighted by atomic mass is 10.1. The van der Waals surface area contributed by atoms with E-state index in [-0.39, 0.29) is 19.5 Å². The summed E-state index contributed by atoms with van der Waals surface area (Å²) in [7, 11) is -3.23. The Morgan fingerprint density at radius 3 is 2.26 bits per heavy atom. The van der Waals surface area contributed by atoms with Crippen molar-refractivity contribution in [1.82, 2.24) is 9.71 Å². The van der Waals surface area contributed by atoms with E-state index >= 15 is 0 Å². The molecule has 0 saturated carbocycles. The van der Waals surface area contributed by atoms with Crippen LogP contribution in [0.3, 0.4) is 0 Å². The fraction of sp³-hybridized carbons (Fsp3) is 0.217. The van der Waals surface area contributed by atoms with Gasteiger partial charge >= 0.3 is 0 Å². The minimum atomic E-state index is -3.23. The normalized spacial score (nSPS) is 11.2. The number of halogens is 2. The lowest BCUT2D eigenvalue weighted by molar-refractivity contribution is -0.117. The number of sulfonamides is 1. The summed E-state index contributed by atoms with van der Waals surface area (Å²) in [6.07, 6.45) is 2.55. The number of hydrogen-bond donors (Lipinski definition) is 5. The Balaban J connectivity index is 1.67. The monoisotopic (exact) mass is 504 g/mol. The molecular formula is C23H26F2N6O3S. The number of nitrogens with zero attached hydrogens (tertiary/aromatic N) is 1. The number of primary amides is 1. The van der Waals surface area contributed by atoms with Crippen molar-refractivity contribution in [2.24, 2.45) is 5.73 Å². The molecule has 12 heteroatoms. The van der Waals surface area contributed by atoms with Gasteiger partial charge in [-0.05, 0) is 42.0 Å². The minimum Gasteiger partial charge on any atom is -0.384 e. The number of benzene rings is 2. The van der Waals surface area contributed by atoms with E-state index in [4.69, 9.17) is 5.73 Å². The standard InChI is InChI=1S/C23H26F2N6O3S/c1-35(33,34)30-7-6-27-19-2-4-20(5-3-19)31-23-12-21(16(14-29-23)10-22(26)32)28-13-15-8-17(24)11-18(25)9-15/h2-5,8-9,11-12,14,27,30H,6-7,10,13H2,1H3,(H2,26,32)(H2,28,29,31). The van der Waals surface area contributed by atoms with Gasteiger partial charge in [-0.25, -0.2) is 26.9 Å². The minimum absolute atomic E-state index is 0.0539. The largest absolute Gasteiger partial charge is 0.384 e. The number of amides is 1. The number of anilines is 4. The van der Waals surface area contributed by atoms with Gasteiger partial charge in [0.25, 0.3) is 0 Å². The Bertz CT molecular complexity index is 1270. The van der Waals surface area contributed by atoms with Gasteiger partial charge < -0.3 is 21.7 Å². The molecular weight excluding hydrogens is 478 g/mol. The molecule has 0 unspecified atom stereocenters. The van der Waals surface area contributed by atoms with Crippen LogP contribution < -0.4 is 26.4 Å². The summed E-state index contributed by atoms with van der Waals surface area (Å²) in [5, 5.41) is 9.34. The second-order valence-corrected chi connectivity index (χ2v) is 9.63. The van der Waals surface area contributed by atoms with Crippen molar-refractivity contribution in [2.75, 3.05) is 35.3 Å². The van der Waals surface area contributed by atoms with Crippen LogP contribution in [-0.2, 0) is 27.8 Å². The van der Waals surface area contributed by atoms with Crippen LogP contribution in [0.1, 0.15) is 11.1 Å². The van der Waals surface area contributed by atoms with E-state index in [9.17, 15) is 22.0 Å². The first-order valence-corrected chi connectivity index (χ1v) is 12.5. The van der Waals surface area contributed by atoms with Crippen molar-refractivity contribution in [3.05, 3.63) is 77.5 Å². The molecule has 0 aliphatic rings. The van der Waals surface area contributed by atoms with Crippen LogP contribution in [0.4, 0.5) is 31.7 Å². The van der Waals surface area contributed by atoms with Gasteiger partial charge in [-0.3, -0.25) is 4.79 Å². The Morgan fingerprint density at radius 2 is 1.63 bits per heavy atom. The molecule has 0 bridgehead atoms. The van der Waals surface area contributed by atoms with Crippen LogP contribution in [-0.4, -0.2) is 38.7 Å². The fourth-order valence-electron chi connectivity index (χ4n) is 3.22. The average Bonchev–Trinajstić information content (AvgIpc) is 2.76. The molecule has 1 aromatic heterocycles. The van der Waals surface area contributed by atoms with Crippen molar-refractivity contribution in [3.8, 4) is 0 Å². The highest BCUT2D eigenvalue weighted by atomic mass is 32.2. The number of nitrogens with two attached hydrogens (primary N) is 1. The van der Waals surface area contributed by atoms with Gasteiger partial charge in [0.2, 0.25) is 15.9 Å². The van der Waals surface area contributed by atoms with Gasteiger partial charge in [0.15, 0.2) is 0 Å². The van der Waals surface area contributed by atoms with Gasteiger partial charge in [-0.2, -0.15) is 0 Å². The fourth-order valence-corrected chi connectivity index (χ4v) is 3.69. The van der Waals surface area contributed by atoms with Crippen LogP contribution in [0, 0.1) is 11.6 Å². The van der Waals surface area contributed by atoms with E-state index in [1.165, 1.54) is 18.3 Å². The first-order valence-electron chi connectivity index (χ1n) is 10.6. The van der Waals surface area contributed by atoms with Gasteiger partial charge in [-0.1, -0.05) is 0 Å². The summed E-state index contributed by atoms with van der Waals surface area (Å²) in [6.45, 7) is 0.809. The molecule has 2 aromatic carbocycles.